The number of fused-ring (bicyclic) bond motifs is 2. The number of unbranched alkanes of at least 4 members (excludes halogenated alkanes) is 6. The maximum absolute atomic E-state index is 7.07. The van der Waals surface area contributed by atoms with Crippen LogP contribution in [0, 0.1) is 0 Å². The summed E-state index contributed by atoms with van der Waals surface area (Å²) in [7, 11) is 0. The lowest BCUT2D eigenvalue weighted by Crippen LogP contribution is -2.46. The molecule has 0 aliphatic carbocycles. The van der Waals surface area contributed by atoms with E-state index >= 15 is 0 Å². The molecule has 2 aromatic carbocycles. The van der Waals surface area contributed by atoms with Gasteiger partial charge in [-0.15, -0.1) is 0 Å². The summed E-state index contributed by atoms with van der Waals surface area (Å²) in [6.45, 7) is 5.88. The quantitative estimate of drug-likeness (QED) is 0.261. The van der Waals surface area contributed by atoms with Crippen molar-refractivity contribution in [1.82, 2.24) is 4.90 Å². The van der Waals surface area contributed by atoms with Gasteiger partial charge in [-0.3, -0.25) is 4.90 Å². The van der Waals surface area contributed by atoms with Gasteiger partial charge in [-0.05, 0) is 68.2 Å². The maximum Gasteiger partial charge on any atom is 0.108 e. The first-order valence-corrected chi connectivity index (χ1v) is 14.3. The Hall–Kier alpha value is -1.64. The Kier molecular flexibility index (Phi) is 10.1. The Morgan fingerprint density at radius 1 is 0.765 bits per heavy atom. The Labute approximate surface area is 209 Å². The molecule has 186 valence electrons. The lowest BCUT2D eigenvalue weighted by Gasteiger charge is -2.40. The maximum atomic E-state index is 7.07. The summed E-state index contributed by atoms with van der Waals surface area (Å²) < 4.78 is 7.07. The van der Waals surface area contributed by atoms with Gasteiger partial charge in [0.2, 0.25) is 0 Å². The van der Waals surface area contributed by atoms with Crippen molar-refractivity contribution in [2.24, 2.45) is 0 Å². The van der Waals surface area contributed by atoms with E-state index in [2.05, 4.69) is 73.3 Å². The molecule has 0 N–H and O–H groups in total. The minimum Gasteiger partial charge on any atom is -0.365 e. The highest BCUT2D eigenvalue weighted by atomic mass is 16.5. The summed E-state index contributed by atoms with van der Waals surface area (Å²) >= 11 is 0. The van der Waals surface area contributed by atoms with E-state index in [0.29, 0.717) is 6.10 Å². The fourth-order valence-electron chi connectivity index (χ4n) is 6.31. The summed E-state index contributed by atoms with van der Waals surface area (Å²) in [5.74, 6) is 0. The Bertz CT molecular complexity index is 820. The van der Waals surface area contributed by atoms with E-state index in [1.54, 1.807) is 0 Å². The van der Waals surface area contributed by atoms with Crippen molar-refractivity contribution < 1.29 is 4.74 Å². The molecule has 0 radical (unpaired) electrons. The van der Waals surface area contributed by atoms with Crippen molar-refractivity contribution in [3.8, 4) is 0 Å². The summed E-state index contributed by atoms with van der Waals surface area (Å²) in [6, 6.07) is 21.5. The number of benzene rings is 2. The van der Waals surface area contributed by atoms with Gasteiger partial charge in [-0.1, -0.05) is 107 Å². The Balaban J connectivity index is 1.46. The number of hydrogen-bond donors (Lipinski definition) is 0. The lowest BCUT2D eigenvalue weighted by molar-refractivity contribution is -0.0485. The average molecular weight is 462 g/mol. The van der Waals surface area contributed by atoms with Crippen LogP contribution >= 0.6 is 0 Å². The number of piperidine rings is 1. The van der Waals surface area contributed by atoms with Gasteiger partial charge < -0.3 is 4.74 Å². The van der Waals surface area contributed by atoms with Crippen molar-refractivity contribution in [1.29, 1.82) is 0 Å². The zero-order chi connectivity index (χ0) is 23.6. The zero-order valence-corrected chi connectivity index (χ0v) is 21.8. The molecule has 2 unspecified atom stereocenters. The smallest absolute Gasteiger partial charge is 0.108 e. The molecule has 2 aliphatic rings. The molecule has 0 aromatic heterocycles. The van der Waals surface area contributed by atoms with Crippen LogP contribution in [0.3, 0.4) is 0 Å². The van der Waals surface area contributed by atoms with E-state index in [4.69, 9.17) is 4.74 Å². The highest BCUT2D eigenvalue weighted by Gasteiger charge is 2.41. The molecule has 34 heavy (non-hydrogen) atoms. The number of hydrogen-bond acceptors (Lipinski definition) is 2. The molecule has 2 heteroatoms. The standard InChI is InChI=1S/C32H47NO/c1-3-5-7-8-9-11-16-26-17-14-15-20-31(26)32(27-18-12-10-13-19-27)34-30-24-28-21-22-29(25-30)33(28)23-6-4-2/h10,12-15,17-20,28-30,32H,3-9,11,16,21-25H2,1-2H3/t28-,29+,30?,32?. The van der Waals surface area contributed by atoms with Crippen LogP contribution in [0.5, 0.6) is 0 Å². The van der Waals surface area contributed by atoms with Gasteiger partial charge >= 0.3 is 0 Å². The third-order valence-electron chi connectivity index (χ3n) is 8.18. The van der Waals surface area contributed by atoms with Crippen molar-refractivity contribution in [2.45, 2.75) is 122 Å². The van der Waals surface area contributed by atoms with Crippen LogP contribution < -0.4 is 0 Å². The summed E-state index contributed by atoms with van der Waals surface area (Å²) in [4.78, 5) is 2.81. The van der Waals surface area contributed by atoms with Gasteiger partial charge in [0.25, 0.3) is 0 Å². The van der Waals surface area contributed by atoms with Crippen LogP contribution in [-0.2, 0) is 11.2 Å². The van der Waals surface area contributed by atoms with Crippen LogP contribution in [0.2, 0.25) is 0 Å². The van der Waals surface area contributed by atoms with Crippen molar-refractivity contribution in [3.05, 3.63) is 71.3 Å². The zero-order valence-electron chi connectivity index (χ0n) is 21.8. The van der Waals surface area contributed by atoms with E-state index in [9.17, 15) is 0 Å². The summed E-state index contributed by atoms with van der Waals surface area (Å²) in [6.07, 6.45) is 17.4. The van der Waals surface area contributed by atoms with E-state index in [1.165, 1.54) is 100 Å². The SMILES string of the molecule is CCCCCCCCc1ccccc1C(OC1C[C@H]2CC[C@@H](C1)N2CCCC)c1ccccc1. The first-order valence-electron chi connectivity index (χ1n) is 14.3. The van der Waals surface area contributed by atoms with Crippen molar-refractivity contribution >= 4 is 0 Å². The fourth-order valence-corrected chi connectivity index (χ4v) is 6.31. The number of aryl methyl sites for hydroxylation is 1. The van der Waals surface area contributed by atoms with Crippen LogP contribution in [0.15, 0.2) is 54.6 Å². The molecule has 0 spiro atoms. The third-order valence-corrected chi connectivity index (χ3v) is 8.18. The normalized spacial score (nSPS) is 23.3. The van der Waals surface area contributed by atoms with Crippen LogP contribution in [0.4, 0.5) is 0 Å². The first kappa shape index (κ1) is 25.5. The Morgan fingerprint density at radius 3 is 2.15 bits per heavy atom. The van der Waals surface area contributed by atoms with Gasteiger partial charge in [0.15, 0.2) is 0 Å². The molecule has 2 bridgehead atoms. The van der Waals surface area contributed by atoms with Crippen molar-refractivity contribution in [3.63, 3.8) is 0 Å². The molecule has 2 heterocycles. The van der Waals surface area contributed by atoms with Crippen LogP contribution in [0.25, 0.3) is 0 Å². The monoisotopic (exact) mass is 461 g/mol. The molecule has 0 saturated carbocycles. The van der Waals surface area contributed by atoms with Gasteiger partial charge in [0.1, 0.15) is 6.10 Å². The molecular formula is C32H47NO. The van der Waals surface area contributed by atoms with E-state index in [0.717, 1.165) is 18.5 Å². The lowest BCUT2D eigenvalue weighted by atomic mass is 9.92. The van der Waals surface area contributed by atoms with E-state index in [-0.39, 0.29) is 6.10 Å². The molecule has 2 aromatic rings. The van der Waals surface area contributed by atoms with Gasteiger partial charge in [0.05, 0.1) is 6.10 Å². The number of ether oxygens (including phenoxy) is 1. The Morgan fingerprint density at radius 2 is 1.41 bits per heavy atom. The highest BCUT2D eigenvalue weighted by Crippen LogP contribution is 2.40. The molecule has 2 saturated heterocycles. The van der Waals surface area contributed by atoms with Gasteiger partial charge in [0, 0.05) is 12.1 Å². The van der Waals surface area contributed by atoms with E-state index < -0.39 is 0 Å². The van der Waals surface area contributed by atoms with Gasteiger partial charge in [-0.25, -0.2) is 0 Å². The molecule has 0 amide bonds. The predicted octanol–water partition coefficient (Wildman–Crippen LogP) is 8.49. The van der Waals surface area contributed by atoms with Crippen molar-refractivity contribution in [2.75, 3.05) is 6.54 Å². The second-order valence-corrected chi connectivity index (χ2v) is 10.7. The largest absolute Gasteiger partial charge is 0.365 e. The highest BCUT2D eigenvalue weighted by molar-refractivity contribution is 5.36. The average Bonchev–Trinajstić information content (AvgIpc) is 3.11. The van der Waals surface area contributed by atoms with Crippen LogP contribution in [0.1, 0.15) is 114 Å². The summed E-state index contributed by atoms with van der Waals surface area (Å²) in [5, 5.41) is 0. The summed E-state index contributed by atoms with van der Waals surface area (Å²) in [5.41, 5.74) is 4.18. The molecular weight excluding hydrogens is 414 g/mol. The molecule has 2 aliphatic heterocycles. The minimum absolute atomic E-state index is 0.0454. The molecule has 4 atom stereocenters. The molecule has 2 fully saturated rings. The first-order chi connectivity index (χ1) is 16.8. The van der Waals surface area contributed by atoms with E-state index in [1.807, 2.05) is 0 Å². The second kappa shape index (κ2) is 13.4. The fraction of sp³-hybridized carbons (Fsp3) is 0.625. The predicted molar refractivity (Wildman–Crippen MR) is 144 cm³/mol. The third kappa shape index (κ3) is 6.73. The van der Waals surface area contributed by atoms with Gasteiger partial charge in [-0.2, -0.15) is 0 Å². The van der Waals surface area contributed by atoms with Crippen LogP contribution in [-0.4, -0.2) is 29.6 Å². The molecule has 2 nitrogen and oxygen atoms in total. The number of rotatable bonds is 14. The molecule has 4 rings (SSSR count). The minimum atomic E-state index is 0.0454. The second-order valence-electron chi connectivity index (χ2n) is 10.7. The number of nitrogens with zero attached hydrogens (tertiary/aromatic N) is 1. The topological polar surface area (TPSA) is 12.5 Å².